The van der Waals surface area contributed by atoms with Crippen molar-refractivity contribution >= 4 is 21.4 Å². The summed E-state index contributed by atoms with van der Waals surface area (Å²) >= 11 is 1.44. The van der Waals surface area contributed by atoms with Crippen LogP contribution in [0.1, 0.15) is 42.9 Å². The lowest BCUT2D eigenvalue weighted by molar-refractivity contribution is 0.530. The molecule has 0 saturated heterocycles. The lowest BCUT2D eigenvalue weighted by Crippen LogP contribution is -2.25. The topological polar surface area (TPSA) is 72.2 Å². The van der Waals surface area contributed by atoms with Gasteiger partial charge in [-0.15, -0.1) is 11.3 Å². The molecule has 6 heteroatoms. The molecule has 4 nitrogen and oxygen atoms in total. The van der Waals surface area contributed by atoms with E-state index in [0.717, 1.165) is 29.0 Å². The average Bonchev–Trinajstić information content (AvgIpc) is 2.70. The molecule has 0 radical (unpaired) electrons. The molecule has 1 aromatic heterocycles. The van der Waals surface area contributed by atoms with Gasteiger partial charge in [0, 0.05) is 22.8 Å². The first-order chi connectivity index (χ1) is 8.86. The maximum atomic E-state index is 12.1. The van der Waals surface area contributed by atoms with E-state index in [2.05, 4.69) is 18.6 Å². The van der Waals surface area contributed by atoms with E-state index < -0.39 is 10.0 Å². The molecule has 110 valence electrons. The van der Waals surface area contributed by atoms with Crippen LogP contribution in [0, 0.1) is 12.8 Å². The summed E-state index contributed by atoms with van der Waals surface area (Å²) in [5, 5.41) is 0. The summed E-state index contributed by atoms with van der Waals surface area (Å²) < 4.78 is 26.9. The largest absolute Gasteiger partial charge is 0.326 e. The van der Waals surface area contributed by atoms with Gasteiger partial charge >= 0.3 is 0 Å². The summed E-state index contributed by atoms with van der Waals surface area (Å²) in [5.41, 5.74) is 5.54. The maximum absolute atomic E-state index is 12.1. The van der Waals surface area contributed by atoms with Gasteiger partial charge < -0.3 is 5.73 Å². The predicted octanol–water partition coefficient (Wildman–Crippen LogP) is 2.62. The van der Waals surface area contributed by atoms with E-state index in [4.69, 9.17) is 5.73 Å². The third-order valence-corrected chi connectivity index (χ3v) is 5.70. The summed E-state index contributed by atoms with van der Waals surface area (Å²) in [4.78, 5) is 2.08. The molecule has 0 bridgehead atoms. The highest BCUT2D eigenvalue weighted by atomic mass is 32.2. The van der Waals surface area contributed by atoms with Crippen molar-refractivity contribution in [1.82, 2.24) is 4.72 Å². The monoisotopic (exact) mass is 304 g/mol. The number of nitrogens with one attached hydrogen (secondary N) is 1. The van der Waals surface area contributed by atoms with Gasteiger partial charge in [0.05, 0.1) is 4.90 Å². The van der Waals surface area contributed by atoms with Crippen LogP contribution in [-0.4, -0.2) is 15.0 Å². The van der Waals surface area contributed by atoms with E-state index >= 15 is 0 Å². The van der Waals surface area contributed by atoms with Crippen LogP contribution in [0.3, 0.4) is 0 Å². The number of thiophene rings is 1. The quantitative estimate of drug-likeness (QED) is 0.725. The Bertz CT molecular complexity index is 493. The standard InChI is InChI=1S/C13H24N2O2S2/c1-10(2)6-4-5-7-15-19(16,17)13-8-12(9-14)18-11(13)3/h8,10,15H,4-7,9,14H2,1-3H3. The predicted molar refractivity (Wildman–Crippen MR) is 80.8 cm³/mol. The average molecular weight is 304 g/mol. The number of nitrogens with two attached hydrogens (primary N) is 1. The summed E-state index contributed by atoms with van der Waals surface area (Å²) in [6.45, 7) is 7.05. The molecule has 0 unspecified atom stereocenters. The molecule has 1 aromatic rings. The summed E-state index contributed by atoms with van der Waals surface area (Å²) in [5.74, 6) is 0.669. The molecule has 1 rings (SSSR count). The van der Waals surface area contributed by atoms with Gasteiger partial charge in [0.1, 0.15) is 0 Å². The Kier molecular flexibility index (Phi) is 6.46. The Morgan fingerprint density at radius 2 is 2.05 bits per heavy atom. The van der Waals surface area contributed by atoms with Gasteiger partial charge in [0.25, 0.3) is 0 Å². The van der Waals surface area contributed by atoms with Crippen LogP contribution in [0.5, 0.6) is 0 Å². The summed E-state index contributed by atoms with van der Waals surface area (Å²) in [6, 6.07) is 1.68. The van der Waals surface area contributed by atoms with E-state index in [1.807, 2.05) is 6.92 Å². The van der Waals surface area contributed by atoms with Crippen LogP contribution < -0.4 is 10.5 Å². The lowest BCUT2D eigenvalue weighted by Gasteiger charge is -2.07. The second kappa shape index (κ2) is 7.38. The number of sulfonamides is 1. The molecule has 0 aliphatic heterocycles. The smallest absolute Gasteiger partial charge is 0.241 e. The second-order valence-electron chi connectivity index (χ2n) is 5.12. The SMILES string of the molecule is Cc1sc(CN)cc1S(=O)(=O)NCCCCC(C)C. The summed E-state index contributed by atoms with van der Waals surface area (Å²) in [7, 11) is -3.38. The van der Waals surface area contributed by atoms with Gasteiger partial charge in [-0.25, -0.2) is 13.1 Å². The third kappa shape index (κ3) is 5.22. The van der Waals surface area contributed by atoms with Gasteiger partial charge in [0.2, 0.25) is 10.0 Å². The molecule has 0 atom stereocenters. The highest BCUT2D eigenvalue weighted by Gasteiger charge is 2.18. The molecule has 0 aliphatic carbocycles. The number of aryl methyl sites for hydroxylation is 1. The van der Waals surface area contributed by atoms with Crippen molar-refractivity contribution in [2.75, 3.05) is 6.54 Å². The molecule has 0 fully saturated rings. The van der Waals surface area contributed by atoms with Crippen LogP contribution in [0.15, 0.2) is 11.0 Å². The maximum Gasteiger partial charge on any atom is 0.241 e. The van der Waals surface area contributed by atoms with Gasteiger partial charge in [-0.1, -0.05) is 26.7 Å². The number of unbranched alkanes of at least 4 members (excludes halogenated alkanes) is 1. The van der Waals surface area contributed by atoms with Crippen molar-refractivity contribution in [3.05, 3.63) is 15.8 Å². The summed E-state index contributed by atoms with van der Waals surface area (Å²) in [6.07, 6.45) is 3.07. The van der Waals surface area contributed by atoms with Crippen LogP contribution in [0.4, 0.5) is 0 Å². The highest BCUT2D eigenvalue weighted by molar-refractivity contribution is 7.89. The first kappa shape index (κ1) is 16.6. The number of hydrogen-bond donors (Lipinski definition) is 2. The molecular weight excluding hydrogens is 280 g/mol. The van der Waals surface area contributed by atoms with E-state index in [1.54, 1.807) is 6.07 Å². The number of hydrogen-bond acceptors (Lipinski definition) is 4. The molecule has 0 aromatic carbocycles. The van der Waals surface area contributed by atoms with Crippen LogP contribution in [0.2, 0.25) is 0 Å². The van der Waals surface area contributed by atoms with Crippen LogP contribution >= 0.6 is 11.3 Å². The fourth-order valence-corrected chi connectivity index (χ4v) is 4.44. The molecule has 1 heterocycles. The molecule has 0 saturated carbocycles. The molecule has 3 N–H and O–H groups in total. The van der Waals surface area contributed by atoms with Crippen molar-refractivity contribution in [2.24, 2.45) is 11.7 Å². The Balaban J connectivity index is 2.53. The minimum atomic E-state index is -3.38. The Hall–Kier alpha value is -0.430. The van der Waals surface area contributed by atoms with Gasteiger partial charge in [-0.2, -0.15) is 0 Å². The first-order valence-electron chi connectivity index (χ1n) is 6.66. The second-order valence-corrected chi connectivity index (χ2v) is 8.20. The van der Waals surface area contributed by atoms with Crippen LogP contribution in [0.25, 0.3) is 0 Å². The Morgan fingerprint density at radius 1 is 1.37 bits per heavy atom. The van der Waals surface area contributed by atoms with Crippen molar-refractivity contribution < 1.29 is 8.42 Å². The Morgan fingerprint density at radius 3 is 2.58 bits per heavy atom. The fourth-order valence-electron chi connectivity index (χ4n) is 1.85. The van der Waals surface area contributed by atoms with Crippen molar-refractivity contribution in [3.8, 4) is 0 Å². The van der Waals surface area contributed by atoms with Crippen molar-refractivity contribution in [3.63, 3.8) is 0 Å². The molecular formula is C13H24N2O2S2. The zero-order valence-corrected chi connectivity index (χ0v) is 13.5. The molecule has 0 aliphatic rings. The zero-order chi connectivity index (χ0) is 14.5. The fraction of sp³-hybridized carbons (Fsp3) is 0.692. The first-order valence-corrected chi connectivity index (χ1v) is 8.96. The van der Waals surface area contributed by atoms with E-state index in [0.29, 0.717) is 23.9 Å². The Labute approximate surface area is 120 Å². The zero-order valence-electron chi connectivity index (χ0n) is 11.9. The molecule has 0 amide bonds. The van der Waals surface area contributed by atoms with E-state index in [1.165, 1.54) is 11.3 Å². The number of rotatable bonds is 8. The van der Waals surface area contributed by atoms with Gasteiger partial charge in [0.15, 0.2) is 0 Å². The lowest BCUT2D eigenvalue weighted by atomic mass is 10.1. The van der Waals surface area contributed by atoms with Crippen molar-refractivity contribution in [2.45, 2.75) is 51.5 Å². The normalized spacial score (nSPS) is 12.3. The minimum absolute atomic E-state index is 0.377. The minimum Gasteiger partial charge on any atom is -0.326 e. The van der Waals surface area contributed by atoms with E-state index in [-0.39, 0.29) is 0 Å². The van der Waals surface area contributed by atoms with Crippen molar-refractivity contribution in [1.29, 1.82) is 0 Å². The van der Waals surface area contributed by atoms with Gasteiger partial charge in [-0.3, -0.25) is 0 Å². The molecule has 19 heavy (non-hydrogen) atoms. The highest BCUT2D eigenvalue weighted by Crippen LogP contribution is 2.25. The third-order valence-electron chi connectivity index (χ3n) is 2.91. The van der Waals surface area contributed by atoms with Gasteiger partial charge in [-0.05, 0) is 25.3 Å². The molecule has 0 spiro atoms. The van der Waals surface area contributed by atoms with Crippen LogP contribution in [-0.2, 0) is 16.6 Å². The van der Waals surface area contributed by atoms with E-state index in [9.17, 15) is 8.42 Å².